The lowest BCUT2D eigenvalue weighted by Crippen LogP contribution is -2.62. The Kier molecular flexibility index (Phi) is 6.41. The molecule has 4 unspecified atom stereocenters. The molecule has 0 bridgehead atoms. The van der Waals surface area contributed by atoms with Crippen molar-refractivity contribution in [1.82, 2.24) is 0 Å². The quantitative estimate of drug-likeness (QED) is 0.557. The summed E-state index contributed by atoms with van der Waals surface area (Å²) in [7, 11) is 0. The minimum Gasteiger partial charge on any atom is -0.393 e. The van der Waals surface area contributed by atoms with Crippen LogP contribution in [0.2, 0.25) is 0 Å². The van der Waals surface area contributed by atoms with Crippen molar-refractivity contribution in [2.75, 3.05) is 0 Å². The molecule has 3 heteroatoms. The maximum Gasteiger partial charge on any atom is 0.0857 e. The lowest BCUT2D eigenvalue weighted by atomic mass is 9.43. The van der Waals surface area contributed by atoms with Crippen molar-refractivity contribution in [3.63, 3.8) is 0 Å². The van der Waals surface area contributed by atoms with Gasteiger partial charge in [-0.2, -0.15) is 0 Å². The Balaban J connectivity index is 1.52. The highest BCUT2D eigenvalue weighted by molar-refractivity contribution is 5.12. The molecular formula is C27H48O3. The van der Waals surface area contributed by atoms with Crippen LogP contribution in [0.1, 0.15) is 98.8 Å². The van der Waals surface area contributed by atoms with E-state index in [0.29, 0.717) is 23.7 Å². The van der Waals surface area contributed by atoms with E-state index in [0.717, 1.165) is 36.5 Å². The summed E-state index contributed by atoms with van der Waals surface area (Å²) in [6.45, 7) is 12.1. The highest BCUT2D eigenvalue weighted by Crippen LogP contribution is 2.68. The molecule has 174 valence electrons. The SMILES string of the molecule is CC(C)CCC[C@@H](C)[C@H]1CC[C@H]2[C@@H]3CC(O)C4C(O)C(O)CC[C@]4(C)[C@H]3CC[C@]12C. The predicted molar refractivity (Wildman–Crippen MR) is 122 cm³/mol. The summed E-state index contributed by atoms with van der Waals surface area (Å²) in [5.41, 5.74) is 0.400. The average Bonchev–Trinajstić information content (AvgIpc) is 3.02. The van der Waals surface area contributed by atoms with Gasteiger partial charge in [-0.3, -0.25) is 0 Å². The second-order valence-electron chi connectivity index (χ2n) is 12.8. The van der Waals surface area contributed by atoms with Crippen LogP contribution in [0.5, 0.6) is 0 Å². The summed E-state index contributed by atoms with van der Waals surface area (Å²) in [5, 5.41) is 32.2. The molecule has 30 heavy (non-hydrogen) atoms. The van der Waals surface area contributed by atoms with E-state index >= 15 is 0 Å². The van der Waals surface area contributed by atoms with Crippen molar-refractivity contribution >= 4 is 0 Å². The first-order valence-corrected chi connectivity index (χ1v) is 13.1. The van der Waals surface area contributed by atoms with E-state index in [1.165, 1.54) is 44.9 Å². The Morgan fingerprint density at radius 1 is 0.800 bits per heavy atom. The number of hydrogen-bond acceptors (Lipinski definition) is 3. The summed E-state index contributed by atoms with van der Waals surface area (Å²) < 4.78 is 0. The number of aliphatic hydroxyl groups excluding tert-OH is 3. The highest BCUT2D eigenvalue weighted by Gasteiger charge is 2.63. The van der Waals surface area contributed by atoms with E-state index in [9.17, 15) is 15.3 Å². The lowest BCUT2D eigenvalue weighted by molar-refractivity contribution is -0.212. The van der Waals surface area contributed by atoms with Gasteiger partial charge in [-0.15, -0.1) is 0 Å². The fraction of sp³-hybridized carbons (Fsp3) is 1.00. The summed E-state index contributed by atoms with van der Waals surface area (Å²) in [4.78, 5) is 0. The molecule has 4 saturated carbocycles. The van der Waals surface area contributed by atoms with E-state index in [1.54, 1.807) is 0 Å². The first-order chi connectivity index (χ1) is 14.1. The van der Waals surface area contributed by atoms with Gasteiger partial charge in [0.2, 0.25) is 0 Å². The topological polar surface area (TPSA) is 60.7 Å². The van der Waals surface area contributed by atoms with Crippen LogP contribution < -0.4 is 0 Å². The van der Waals surface area contributed by atoms with Crippen LogP contribution in [-0.4, -0.2) is 33.6 Å². The van der Waals surface area contributed by atoms with Gasteiger partial charge < -0.3 is 15.3 Å². The van der Waals surface area contributed by atoms with Gasteiger partial charge in [-0.05, 0) is 91.3 Å². The van der Waals surface area contributed by atoms with Crippen LogP contribution in [0, 0.1) is 52.3 Å². The minimum absolute atomic E-state index is 0.0245. The monoisotopic (exact) mass is 420 g/mol. The van der Waals surface area contributed by atoms with Crippen LogP contribution in [0.3, 0.4) is 0 Å². The van der Waals surface area contributed by atoms with Crippen molar-refractivity contribution in [3.05, 3.63) is 0 Å². The summed E-state index contributed by atoms with van der Waals surface area (Å²) in [5.74, 6) is 4.21. The molecule has 11 atom stereocenters. The Morgan fingerprint density at radius 3 is 2.17 bits per heavy atom. The molecule has 4 rings (SSSR count). The van der Waals surface area contributed by atoms with Gasteiger partial charge in [-0.25, -0.2) is 0 Å². The third-order valence-corrected chi connectivity index (χ3v) is 10.9. The van der Waals surface area contributed by atoms with Crippen molar-refractivity contribution < 1.29 is 15.3 Å². The molecule has 0 aromatic heterocycles. The maximum absolute atomic E-state index is 11.2. The van der Waals surface area contributed by atoms with Crippen molar-refractivity contribution in [2.24, 2.45) is 52.3 Å². The van der Waals surface area contributed by atoms with Gasteiger partial charge in [0, 0.05) is 5.92 Å². The van der Waals surface area contributed by atoms with Gasteiger partial charge in [0.15, 0.2) is 0 Å². The van der Waals surface area contributed by atoms with Gasteiger partial charge in [0.05, 0.1) is 18.3 Å². The van der Waals surface area contributed by atoms with E-state index in [4.69, 9.17) is 0 Å². The number of hydrogen-bond donors (Lipinski definition) is 3. The van der Waals surface area contributed by atoms with Crippen molar-refractivity contribution in [2.45, 2.75) is 117 Å². The summed E-state index contributed by atoms with van der Waals surface area (Å²) in [6.07, 6.45) is 9.92. The molecule has 4 fully saturated rings. The first kappa shape index (κ1) is 23.1. The van der Waals surface area contributed by atoms with E-state index in [1.807, 2.05) is 0 Å². The molecule has 0 amide bonds. The summed E-state index contributed by atoms with van der Waals surface area (Å²) in [6, 6.07) is 0. The second-order valence-corrected chi connectivity index (χ2v) is 12.8. The number of aliphatic hydroxyl groups is 3. The van der Waals surface area contributed by atoms with Gasteiger partial charge in [0.25, 0.3) is 0 Å². The smallest absolute Gasteiger partial charge is 0.0857 e. The Bertz CT molecular complexity index is 605. The molecule has 0 heterocycles. The van der Waals surface area contributed by atoms with Crippen LogP contribution >= 0.6 is 0 Å². The van der Waals surface area contributed by atoms with Crippen LogP contribution in [0.15, 0.2) is 0 Å². The highest BCUT2D eigenvalue weighted by atomic mass is 16.3. The standard InChI is InChI=1S/C27H48O3/c1-16(2)7-6-8-17(3)19-9-10-20-18-15-23(29)24-25(30)22(28)12-14-27(24,5)21(18)11-13-26(19,20)4/h16-25,28-30H,6-15H2,1-5H3/t17-,18+,19-,20+,21+,22?,23?,24?,25?,26-,27-/m1/s1. The fourth-order valence-corrected chi connectivity index (χ4v) is 9.41. The molecule has 3 N–H and O–H groups in total. The van der Waals surface area contributed by atoms with E-state index < -0.39 is 18.3 Å². The average molecular weight is 421 g/mol. The zero-order chi connectivity index (χ0) is 21.8. The Hall–Kier alpha value is -0.120. The van der Waals surface area contributed by atoms with Gasteiger partial charge in [0.1, 0.15) is 0 Å². The molecule has 0 aromatic carbocycles. The predicted octanol–water partition coefficient (Wildman–Crippen LogP) is 5.41. The zero-order valence-electron chi connectivity index (χ0n) is 20.2. The largest absolute Gasteiger partial charge is 0.393 e. The molecule has 0 radical (unpaired) electrons. The zero-order valence-corrected chi connectivity index (χ0v) is 20.2. The third-order valence-electron chi connectivity index (χ3n) is 10.9. The van der Waals surface area contributed by atoms with Crippen molar-refractivity contribution in [1.29, 1.82) is 0 Å². The van der Waals surface area contributed by atoms with Crippen LogP contribution in [0.4, 0.5) is 0 Å². The molecule has 0 aliphatic heterocycles. The maximum atomic E-state index is 11.2. The molecule has 3 nitrogen and oxygen atoms in total. The second kappa shape index (κ2) is 8.34. The van der Waals surface area contributed by atoms with Crippen LogP contribution in [-0.2, 0) is 0 Å². The first-order valence-electron chi connectivity index (χ1n) is 13.1. The fourth-order valence-electron chi connectivity index (χ4n) is 9.41. The molecule has 4 aliphatic rings. The van der Waals surface area contributed by atoms with Gasteiger partial charge >= 0.3 is 0 Å². The molecule has 0 spiro atoms. The van der Waals surface area contributed by atoms with E-state index in [-0.39, 0.29) is 11.3 Å². The molecular weight excluding hydrogens is 372 g/mol. The Morgan fingerprint density at radius 2 is 1.47 bits per heavy atom. The summed E-state index contributed by atoms with van der Waals surface area (Å²) >= 11 is 0. The normalized spacial score (nSPS) is 51.9. The minimum atomic E-state index is -0.759. The molecule has 4 aliphatic carbocycles. The number of fused-ring (bicyclic) bond motifs is 5. The number of rotatable bonds is 5. The van der Waals surface area contributed by atoms with E-state index in [2.05, 4.69) is 34.6 Å². The molecule has 0 aromatic rings. The van der Waals surface area contributed by atoms with Crippen molar-refractivity contribution in [3.8, 4) is 0 Å². The van der Waals surface area contributed by atoms with Gasteiger partial charge in [-0.1, -0.05) is 53.9 Å². The van der Waals surface area contributed by atoms with Crippen LogP contribution in [0.25, 0.3) is 0 Å². The molecule has 0 saturated heterocycles. The third kappa shape index (κ3) is 3.59. The Labute approximate surface area is 185 Å². The lowest BCUT2D eigenvalue weighted by Gasteiger charge is -2.63.